The quantitative estimate of drug-likeness (QED) is 0.617. The van der Waals surface area contributed by atoms with Crippen molar-refractivity contribution in [3.05, 3.63) is 30.3 Å². The fourth-order valence-electron chi connectivity index (χ4n) is 4.11. The number of anilines is 1. The largest absolute Gasteiger partial charge is 0.394 e. The molecule has 1 aromatic rings. The van der Waals surface area contributed by atoms with Crippen LogP contribution in [0.25, 0.3) is 0 Å². The van der Waals surface area contributed by atoms with Gasteiger partial charge in [-0.05, 0) is 50.9 Å². The second kappa shape index (κ2) is 11.3. The highest BCUT2D eigenvalue weighted by molar-refractivity contribution is 5.90. The van der Waals surface area contributed by atoms with E-state index >= 15 is 0 Å². The average Bonchev–Trinajstić information content (AvgIpc) is 2.74. The third-order valence-corrected chi connectivity index (χ3v) is 5.72. The smallest absolute Gasteiger partial charge is 0.226 e. The molecular weight excluding hydrogens is 370 g/mol. The monoisotopic (exact) mass is 403 g/mol. The van der Waals surface area contributed by atoms with Gasteiger partial charge in [-0.25, -0.2) is 0 Å². The Labute approximate surface area is 172 Å². The van der Waals surface area contributed by atoms with E-state index in [1.165, 1.54) is 19.3 Å². The number of hydrogen-bond acceptors (Lipinski definition) is 5. The van der Waals surface area contributed by atoms with Gasteiger partial charge in [0.15, 0.2) is 0 Å². The van der Waals surface area contributed by atoms with Crippen LogP contribution >= 0.6 is 0 Å². The highest BCUT2D eigenvalue weighted by Crippen LogP contribution is 2.22. The maximum Gasteiger partial charge on any atom is 0.226 e. The first-order chi connectivity index (χ1) is 14.1. The first-order valence-corrected chi connectivity index (χ1v) is 10.8. The second-order valence-electron chi connectivity index (χ2n) is 8.00. The highest BCUT2D eigenvalue weighted by Gasteiger charge is 2.32. The Hall–Kier alpha value is -1.96. The van der Waals surface area contributed by atoms with Gasteiger partial charge in [0.1, 0.15) is 6.10 Å². The van der Waals surface area contributed by atoms with Gasteiger partial charge in [-0.15, -0.1) is 0 Å². The van der Waals surface area contributed by atoms with Gasteiger partial charge in [0.05, 0.1) is 25.2 Å². The van der Waals surface area contributed by atoms with Crippen molar-refractivity contribution in [1.82, 2.24) is 10.2 Å². The van der Waals surface area contributed by atoms with Crippen molar-refractivity contribution in [3.8, 4) is 0 Å². The molecular formula is C22H33N3O4. The van der Waals surface area contributed by atoms with E-state index in [0.29, 0.717) is 19.3 Å². The minimum absolute atomic E-state index is 0.00268. The van der Waals surface area contributed by atoms with Crippen LogP contribution in [0.4, 0.5) is 5.69 Å². The van der Waals surface area contributed by atoms with Crippen LogP contribution in [0.5, 0.6) is 0 Å². The normalized spacial score (nSPS) is 25.3. The minimum Gasteiger partial charge on any atom is -0.394 e. The average molecular weight is 404 g/mol. The lowest BCUT2D eigenvalue weighted by molar-refractivity contribution is -0.133. The summed E-state index contributed by atoms with van der Waals surface area (Å²) in [5.41, 5.74) is 0.755. The van der Waals surface area contributed by atoms with E-state index in [4.69, 9.17) is 4.74 Å². The Morgan fingerprint density at radius 2 is 1.83 bits per heavy atom. The zero-order chi connectivity index (χ0) is 20.5. The molecule has 2 fully saturated rings. The Morgan fingerprint density at radius 3 is 2.55 bits per heavy atom. The molecule has 7 heteroatoms. The maximum absolute atomic E-state index is 12.3. The Kier molecular flexibility index (Phi) is 8.46. The number of para-hydroxylation sites is 1. The molecule has 0 unspecified atom stereocenters. The van der Waals surface area contributed by atoms with Gasteiger partial charge < -0.3 is 25.4 Å². The summed E-state index contributed by atoms with van der Waals surface area (Å²) < 4.78 is 5.92. The predicted octanol–water partition coefficient (Wildman–Crippen LogP) is 1.92. The van der Waals surface area contributed by atoms with Crippen molar-refractivity contribution in [2.75, 3.05) is 31.6 Å². The number of nitrogens with zero attached hydrogens (tertiary/aromatic N) is 1. The zero-order valence-electron chi connectivity index (χ0n) is 17.0. The van der Waals surface area contributed by atoms with Crippen LogP contribution in [0.15, 0.2) is 30.3 Å². The third-order valence-electron chi connectivity index (χ3n) is 5.72. The number of amides is 2. The van der Waals surface area contributed by atoms with E-state index in [-0.39, 0.29) is 37.0 Å². The molecule has 2 aliphatic heterocycles. The molecule has 3 atom stereocenters. The number of aliphatic hydroxyl groups is 1. The Bertz CT molecular complexity index is 649. The summed E-state index contributed by atoms with van der Waals surface area (Å²) in [5, 5.41) is 15.6. The number of rotatable bonds is 8. The molecule has 160 valence electrons. The van der Waals surface area contributed by atoms with Gasteiger partial charge in [0, 0.05) is 18.7 Å². The van der Waals surface area contributed by atoms with Gasteiger partial charge >= 0.3 is 0 Å². The van der Waals surface area contributed by atoms with Crippen LogP contribution in [-0.4, -0.2) is 66.3 Å². The molecule has 1 aromatic carbocycles. The Balaban J connectivity index is 1.40. The molecule has 7 nitrogen and oxygen atoms in total. The first kappa shape index (κ1) is 21.7. The number of hydrogen-bond donors (Lipinski definition) is 3. The lowest BCUT2D eigenvalue weighted by Gasteiger charge is -2.36. The van der Waals surface area contributed by atoms with E-state index in [1.54, 1.807) is 0 Å². The number of ether oxygens (including phenoxy) is 1. The minimum atomic E-state index is -0.475. The zero-order valence-corrected chi connectivity index (χ0v) is 17.0. The lowest BCUT2D eigenvalue weighted by atomic mass is 9.96. The molecule has 0 radical (unpaired) electrons. The standard InChI is InChI=1S/C22H33N3O4/c26-16-20-19(24-21(27)11-14-25-12-5-2-6-13-25)10-9-18(29-20)15-22(28)23-17-7-3-1-4-8-17/h1,3-4,7-8,18-20,26H,2,5-6,9-16H2,(H,23,28)(H,24,27)/t18-,19+,20+/m0/s1. The molecule has 3 rings (SSSR count). The van der Waals surface area contributed by atoms with Crippen molar-refractivity contribution < 1.29 is 19.4 Å². The summed E-state index contributed by atoms with van der Waals surface area (Å²) in [5.74, 6) is -0.107. The molecule has 0 bridgehead atoms. The molecule has 2 aliphatic rings. The van der Waals surface area contributed by atoms with Crippen molar-refractivity contribution in [2.45, 2.75) is 63.2 Å². The van der Waals surface area contributed by atoms with Crippen molar-refractivity contribution in [3.63, 3.8) is 0 Å². The molecule has 2 heterocycles. The summed E-state index contributed by atoms with van der Waals surface area (Å²) in [6.07, 6.45) is 5.06. The van der Waals surface area contributed by atoms with E-state index in [9.17, 15) is 14.7 Å². The third kappa shape index (κ3) is 7.10. The van der Waals surface area contributed by atoms with Crippen LogP contribution < -0.4 is 10.6 Å². The van der Waals surface area contributed by atoms with Crippen LogP contribution in [-0.2, 0) is 14.3 Å². The first-order valence-electron chi connectivity index (χ1n) is 10.8. The van der Waals surface area contributed by atoms with Gasteiger partial charge in [-0.2, -0.15) is 0 Å². The molecule has 0 aliphatic carbocycles. The van der Waals surface area contributed by atoms with E-state index in [0.717, 1.165) is 25.3 Å². The maximum atomic E-state index is 12.3. The number of likely N-dealkylation sites (tertiary alicyclic amines) is 1. The van der Waals surface area contributed by atoms with Crippen molar-refractivity contribution in [1.29, 1.82) is 0 Å². The molecule has 29 heavy (non-hydrogen) atoms. The predicted molar refractivity (Wildman–Crippen MR) is 112 cm³/mol. The number of aliphatic hydroxyl groups excluding tert-OH is 1. The fourth-order valence-corrected chi connectivity index (χ4v) is 4.11. The summed E-state index contributed by atoms with van der Waals surface area (Å²) >= 11 is 0. The van der Waals surface area contributed by atoms with Gasteiger partial charge in [0.25, 0.3) is 0 Å². The number of carbonyl (C=O) groups is 2. The molecule has 2 saturated heterocycles. The number of benzene rings is 1. The molecule has 3 N–H and O–H groups in total. The topological polar surface area (TPSA) is 90.9 Å². The lowest BCUT2D eigenvalue weighted by Crippen LogP contribution is -2.51. The Morgan fingerprint density at radius 1 is 1.07 bits per heavy atom. The van der Waals surface area contributed by atoms with Crippen LogP contribution in [0, 0.1) is 0 Å². The molecule has 0 saturated carbocycles. The number of nitrogens with one attached hydrogen (secondary N) is 2. The summed E-state index contributed by atoms with van der Waals surface area (Å²) in [6.45, 7) is 2.76. The fraction of sp³-hybridized carbons (Fsp3) is 0.636. The van der Waals surface area contributed by atoms with Gasteiger partial charge in [-0.3, -0.25) is 9.59 Å². The van der Waals surface area contributed by atoms with Crippen molar-refractivity contribution in [2.24, 2.45) is 0 Å². The van der Waals surface area contributed by atoms with Crippen LogP contribution in [0.3, 0.4) is 0 Å². The van der Waals surface area contributed by atoms with Gasteiger partial charge in [0.2, 0.25) is 11.8 Å². The molecule has 0 spiro atoms. The second-order valence-corrected chi connectivity index (χ2v) is 8.00. The van der Waals surface area contributed by atoms with Crippen LogP contribution in [0.2, 0.25) is 0 Å². The van der Waals surface area contributed by atoms with E-state index in [1.807, 2.05) is 30.3 Å². The SMILES string of the molecule is O=C(C[C@@H]1CC[C@@H](NC(=O)CCN2CCCCC2)[C@@H](CO)O1)Nc1ccccc1. The molecule has 2 amide bonds. The molecule has 0 aromatic heterocycles. The summed E-state index contributed by atoms with van der Waals surface area (Å²) in [7, 11) is 0. The van der Waals surface area contributed by atoms with E-state index in [2.05, 4.69) is 15.5 Å². The van der Waals surface area contributed by atoms with Gasteiger partial charge in [-0.1, -0.05) is 24.6 Å². The van der Waals surface area contributed by atoms with Crippen LogP contribution in [0.1, 0.15) is 44.9 Å². The van der Waals surface area contributed by atoms with E-state index < -0.39 is 6.10 Å². The highest BCUT2D eigenvalue weighted by atomic mass is 16.5. The number of piperidine rings is 1. The summed E-state index contributed by atoms with van der Waals surface area (Å²) in [6, 6.07) is 9.10. The van der Waals surface area contributed by atoms with Crippen molar-refractivity contribution >= 4 is 17.5 Å². The summed E-state index contributed by atoms with van der Waals surface area (Å²) in [4.78, 5) is 26.9. The number of carbonyl (C=O) groups excluding carboxylic acids is 2.